The molecule has 1 N–H and O–H groups in total. The van der Waals surface area contributed by atoms with Crippen LogP contribution in [-0.2, 0) is 9.53 Å². The van der Waals surface area contributed by atoms with E-state index in [4.69, 9.17) is 4.74 Å². The average Bonchev–Trinajstić information content (AvgIpc) is 2.46. The number of rotatable bonds is 4. The maximum absolute atomic E-state index is 11.3. The van der Waals surface area contributed by atoms with Crippen molar-refractivity contribution in [3.8, 4) is 0 Å². The van der Waals surface area contributed by atoms with E-state index in [0.717, 1.165) is 13.0 Å². The third-order valence-corrected chi connectivity index (χ3v) is 2.51. The summed E-state index contributed by atoms with van der Waals surface area (Å²) in [6.45, 7) is 9.50. The van der Waals surface area contributed by atoms with E-state index in [-0.39, 0.29) is 5.97 Å². The quantitative estimate of drug-likeness (QED) is 0.547. The minimum Gasteiger partial charge on any atom is -0.463 e. The van der Waals surface area contributed by atoms with Crippen molar-refractivity contribution >= 4 is 5.97 Å². The summed E-state index contributed by atoms with van der Waals surface area (Å²) in [5, 5.41) is 9.73. The molecule has 4 heteroatoms. The average molecular weight is 213 g/mol. The van der Waals surface area contributed by atoms with E-state index in [1.165, 1.54) is 0 Å². The lowest BCUT2D eigenvalue weighted by Gasteiger charge is -2.19. The van der Waals surface area contributed by atoms with Gasteiger partial charge in [0.15, 0.2) is 0 Å². The van der Waals surface area contributed by atoms with Crippen molar-refractivity contribution in [1.29, 1.82) is 0 Å². The number of ether oxygens (including phenoxy) is 1. The summed E-state index contributed by atoms with van der Waals surface area (Å²) in [5.41, 5.74) is -0.177. The van der Waals surface area contributed by atoms with Gasteiger partial charge in [0, 0.05) is 25.2 Å². The van der Waals surface area contributed by atoms with Gasteiger partial charge in [-0.1, -0.05) is 6.58 Å². The van der Waals surface area contributed by atoms with Crippen molar-refractivity contribution in [2.75, 3.05) is 26.2 Å². The van der Waals surface area contributed by atoms with Gasteiger partial charge < -0.3 is 9.84 Å². The van der Waals surface area contributed by atoms with Gasteiger partial charge in [0.05, 0.1) is 12.2 Å². The van der Waals surface area contributed by atoms with E-state index < -0.39 is 5.60 Å². The zero-order valence-electron chi connectivity index (χ0n) is 9.45. The van der Waals surface area contributed by atoms with Crippen LogP contribution in [0.1, 0.15) is 20.3 Å². The SMILES string of the molecule is C=C(CN1CCC(C)(O)C1)C(=O)OCC. The lowest BCUT2D eigenvalue weighted by molar-refractivity contribution is -0.138. The smallest absolute Gasteiger partial charge is 0.334 e. The first kappa shape index (κ1) is 12.2. The summed E-state index contributed by atoms with van der Waals surface area (Å²) in [5.74, 6) is -0.343. The van der Waals surface area contributed by atoms with Crippen LogP contribution in [-0.4, -0.2) is 47.8 Å². The molecule has 0 amide bonds. The minimum absolute atomic E-state index is 0.343. The molecular formula is C11H19NO3. The van der Waals surface area contributed by atoms with Gasteiger partial charge in [-0.2, -0.15) is 0 Å². The molecule has 0 aromatic carbocycles. The van der Waals surface area contributed by atoms with Gasteiger partial charge in [0.2, 0.25) is 0 Å². The van der Waals surface area contributed by atoms with E-state index in [9.17, 15) is 9.90 Å². The lowest BCUT2D eigenvalue weighted by Crippen LogP contribution is -2.32. The molecule has 0 radical (unpaired) electrons. The molecule has 0 spiro atoms. The highest BCUT2D eigenvalue weighted by Gasteiger charge is 2.31. The van der Waals surface area contributed by atoms with E-state index in [0.29, 0.717) is 25.3 Å². The molecule has 0 aliphatic carbocycles. The van der Waals surface area contributed by atoms with E-state index in [1.54, 1.807) is 13.8 Å². The Morgan fingerprint density at radius 2 is 2.33 bits per heavy atom. The van der Waals surface area contributed by atoms with Gasteiger partial charge in [-0.15, -0.1) is 0 Å². The fourth-order valence-electron chi connectivity index (χ4n) is 1.74. The summed E-state index contributed by atoms with van der Waals surface area (Å²) < 4.78 is 4.84. The summed E-state index contributed by atoms with van der Waals surface area (Å²) >= 11 is 0. The number of carbonyl (C=O) groups is 1. The maximum atomic E-state index is 11.3. The van der Waals surface area contributed by atoms with Crippen LogP contribution in [0.2, 0.25) is 0 Å². The molecule has 1 fully saturated rings. The van der Waals surface area contributed by atoms with Crippen LogP contribution in [0.3, 0.4) is 0 Å². The molecule has 15 heavy (non-hydrogen) atoms. The van der Waals surface area contributed by atoms with Gasteiger partial charge in [-0.05, 0) is 20.3 Å². The summed E-state index contributed by atoms with van der Waals surface area (Å²) in [7, 11) is 0. The molecule has 0 aromatic heterocycles. The third-order valence-electron chi connectivity index (χ3n) is 2.51. The number of carbonyl (C=O) groups excluding carboxylic acids is 1. The van der Waals surface area contributed by atoms with E-state index in [2.05, 4.69) is 6.58 Å². The summed E-state index contributed by atoms with van der Waals surface area (Å²) in [6, 6.07) is 0. The zero-order valence-corrected chi connectivity index (χ0v) is 9.45. The molecule has 0 bridgehead atoms. The number of likely N-dealkylation sites (tertiary alicyclic amines) is 1. The molecule has 86 valence electrons. The summed E-state index contributed by atoms with van der Waals surface area (Å²) in [6.07, 6.45) is 0.739. The summed E-state index contributed by atoms with van der Waals surface area (Å²) in [4.78, 5) is 13.3. The Balaban J connectivity index is 2.37. The van der Waals surface area contributed by atoms with Crippen molar-refractivity contribution in [2.45, 2.75) is 25.9 Å². The van der Waals surface area contributed by atoms with Crippen LogP contribution >= 0.6 is 0 Å². The second-order valence-electron chi connectivity index (χ2n) is 4.28. The predicted molar refractivity (Wildman–Crippen MR) is 57.5 cm³/mol. The van der Waals surface area contributed by atoms with Crippen molar-refractivity contribution in [3.63, 3.8) is 0 Å². The monoisotopic (exact) mass is 213 g/mol. The Kier molecular flexibility index (Phi) is 3.88. The van der Waals surface area contributed by atoms with E-state index >= 15 is 0 Å². The number of aliphatic hydroxyl groups is 1. The van der Waals surface area contributed by atoms with Crippen LogP contribution < -0.4 is 0 Å². The molecule has 1 aliphatic rings. The molecule has 1 atom stereocenters. The van der Waals surface area contributed by atoms with Crippen molar-refractivity contribution < 1.29 is 14.6 Å². The minimum atomic E-state index is -0.630. The van der Waals surface area contributed by atoms with Crippen LogP contribution in [0.15, 0.2) is 12.2 Å². The molecule has 1 saturated heterocycles. The highest BCUT2D eigenvalue weighted by atomic mass is 16.5. The Bertz CT molecular complexity index is 261. The fraction of sp³-hybridized carbons (Fsp3) is 0.727. The number of nitrogens with zero attached hydrogens (tertiary/aromatic N) is 1. The molecule has 1 aliphatic heterocycles. The molecule has 1 rings (SSSR count). The van der Waals surface area contributed by atoms with Gasteiger partial charge in [0.25, 0.3) is 0 Å². The first-order chi connectivity index (χ1) is 6.94. The molecule has 1 heterocycles. The van der Waals surface area contributed by atoms with Gasteiger partial charge in [0.1, 0.15) is 0 Å². The van der Waals surface area contributed by atoms with Crippen LogP contribution in [0.4, 0.5) is 0 Å². The first-order valence-electron chi connectivity index (χ1n) is 5.24. The molecular weight excluding hydrogens is 194 g/mol. The third kappa shape index (κ3) is 3.64. The largest absolute Gasteiger partial charge is 0.463 e. The van der Waals surface area contributed by atoms with Crippen molar-refractivity contribution in [3.05, 3.63) is 12.2 Å². The number of hydrogen-bond donors (Lipinski definition) is 1. The zero-order chi connectivity index (χ0) is 11.5. The first-order valence-corrected chi connectivity index (χ1v) is 5.24. The number of esters is 1. The Hall–Kier alpha value is -0.870. The standard InChI is InChI=1S/C11H19NO3/c1-4-15-10(13)9(2)7-12-6-5-11(3,14)8-12/h14H,2,4-8H2,1,3H3. The van der Waals surface area contributed by atoms with Crippen LogP contribution in [0.5, 0.6) is 0 Å². The Labute approximate surface area is 90.5 Å². The number of hydrogen-bond acceptors (Lipinski definition) is 4. The topological polar surface area (TPSA) is 49.8 Å². The highest BCUT2D eigenvalue weighted by molar-refractivity contribution is 5.88. The van der Waals surface area contributed by atoms with E-state index in [1.807, 2.05) is 4.90 Å². The second kappa shape index (κ2) is 4.77. The number of β-amino-alcohol motifs (C(OH)–C–C–N with tert-alkyl or cyclic N) is 1. The Morgan fingerprint density at radius 3 is 2.80 bits per heavy atom. The molecule has 1 unspecified atom stereocenters. The van der Waals surface area contributed by atoms with Crippen LogP contribution in [0.25, 0.3) is 0 Å². The van der Waals surface area contributed by atoms with Crippen molar-refractivity contribution in [1.82, 2.24) is 4.90 Å². The molecule has 0 aromatic rings. The molecule has 4 nitrogen and oxygen atoms in total. The van der Waals surface area contributed by atoms with Gasteiger partial charge in [-0.3, -0.25) is 4.90 Å². The van der Waals surface area contributed by atoms with Gasteiger partial charge in [-0.25, -0.2) is 4.79 Å². The Morgan fingerprint density at radius 1 is 1.67 bits per heavy atom. The van der Waals surface area contributed by atoms with Gasteiger partial charge >= 0.3 is 5.97 Å². The lowest BCUT2D eigenvalue weighted by atomic mass is 10.1. The second-order valence-corrected chi connectivity index (χ2v) is 4.28. The highest BCUT2D eigenvalue weighted by Crippen LogP contribution is 2.20. The predicted octanol–water partition coefficient (Wildman–Crippen LogP) is 0.562. The maximum Gasteiger partial charge on any atom is 0.334 e. The fourth-order valence-corrected chi connectivity index (χ4v) is 1.74. The van der Waals surface area contributed by atoms with Crippen LogP contribution in [0, 0.1) is 0 Å². The molecule has 0 saturated carbocycles. The normalized spacial score (nSPS) is 26.6. The van der Waals surface area contributed by atoms with Crippen molar-refractivity contribution in [2.24, 2.45) is 0 Å².